The van der Waals surface area contributed by atoms with Crippen LogP contribution < -0.4 is 27.1 Å². The van der Waals surface area contributed by atoms with Crippen molar-refractivity contribution in [3.63, 3.8) is 0 Å². The first-order valence-electron chi connectivity index (χ1n) is 16.0. The summed E-state index contributed by atoms with van der Waals surface area (Å²) in [6.45, 7) is 8.53. The van der Waals surface area contributed by atoms with E-state index in [1.165, 1.54) is 20.4 Å². The molecule has 1 fully saturated rings. The maximum absolute atomic E-state index is 13.8. The number of hydrogen-bond donors (Lipinski definition) is 4. The third-order valence-corrected chi connectivity index (χ3v) is 9.05. The first kappa shape index (κ1) is 33.5. The van der Waals surface area contributed by atoms with Gasteiger partial charge in [-0.15, -0.1) is 0 Å². The number of rotatable bonds is 10. The number of aliphatic hydroxyl groups excluding tert-OH is 1. The Kier molecular flexibility index (Phi) is 9.22. The highest BCUT2D eigenvalue weighted by atomic mass is 32.1. The fourth-order valence-electron chi connectivity index (χ4n) is 6.62. The van der Waals surface area contributed by atoms with Crippen molar-refractivity contribution in [3.05, 3.63) is 98.8 Å². The summed E-state index contributed by atoms with van der Waals surface area (Å²) in [4.78, 5) is 36.0. The largest absolute Gasteiger partial charge is 0.392 e. The molecule has 0 saturated carbocycles. The molecular weight excluding hydrogens is 629 g/mol. The molecule has 1 saturated heterocycles. The minimum Gasteiger partial charge on any atom is -0.392 e. The molecule has 1 aliphatic heterocycles. The molecule has 6 heterocycles. The van der Waals surface area contributed by atoms with Crippen molar-refractivity contribution >= 4 is 36.2 Å². The number of aromatic nitrogens is 5. The van der Waals surface area contributed by atoms with Gasteiger partial charge in [-0.05, 0) is 66.6 Å². The van der Waals surface area contributed by atoms with Crippen molar-refractivity contribution < 1.29 is 9.84 Å². The van der Waals surface area contributed by atoms with Crippen LogP contribution in [0.4, 0.5) is 17.2 Å². The van der Waals surface area contributed by atoms with Crippen LogP contribution >= 0.6 is 13.5 Å². The molecule has 2 aliphatic rings. The molecule has 252 valence electrons. The second kappa shape index (κ2) is 13.2. The molecule has 4 N–H and O–H groups in total. The topological polar surface area (TPSA) is 140 Å². The summed E-state index contributed by atoms with van der Waals surface area (Å²) in [5.74, 6) is 0.861. The fourth-order valence-corrected chi connectivity index (χ4v) is 6.62. The van der Waals surface area contributed by atoms with Crippen molar-refractivity contribution in [2.24, 2.45) is 12.5 Å². The molecule has 5 aromatic heterocycles. The normalized spacial score (nSPS) is 15.9. The van der Waals surface area contributed by atoms with Crippen LogP contribution in [0.3, 0.4) is 0 Å². The average molecular weight is 671 g/mol. The van der Waals surface area contributed by atoms with Gasteiger partial charge in [-0.1, -0.05) is 13.8 Å². The van der Waals surface area contributed by atoms with Gasteiger partial charge in [-0.25, -0.2) is 9.97 Å². The predicted octanol–water partition coefficient (Wildman–Crippen LogP) is 3.51. The van der Waals surface area contributed by atoms with Gasteiger partial charge in [0.05, 0.1) is 37.7 Å². The van der Waals surface area contributed by atoms with Crippen molar-refractivity contribution in [2.45, 2.75) is 52.3 Å². The number of nitrogens with one attached hydrogen (secondary N) is 3. The van der Waals surface area contributed by atoms with Gasteiger partial charge in [-0.2, -0.15) is 13.5 Å². The van der Waals surface area contributed by atoms with E-state index in [0.29, 0.717) is 45.6 Å². The lowest BCUT2D eigenvalue weighted by Gasteiger charge is -2.28. The number of fused-ring (bicyclic) bond motifs is 3. The Morgan fingerprint density at radius 3 is 2.60 bits per heavy atom. The molecule has 0 aromatic carbocycles. The summed E-state index contributed by atoms with van der Waals surface area (Å²) >= 11 is 0. The maximum atomic E-state index is 13.8. The van der Waals surface area contributed by atoms with E-state index in [2.05, 4.69) is 46.7 Å². The Morgan fingerprint density at radius 2 is 1.90 bits per heavy atom. The summed E-state index contributed by atoms with van der Waals surface area (Å²) < 4.78 is 10.2. The molecule has 1 atom stereocenters. The third kappa shape index (κ3) is 6.38. The summed E-state index contributed by atoms with van der Waals surface area (Å²) in [6, 6.07) is 9.85. The van der Waals surface area contributed by atoms with Crippen LogP contribution in [0.1, 0.15) is 37.6 Å². The fraction of sp³-hybridized carbons (Fsp3) is 0.371. The van der Waals surface area contributed by atoms with E-state index in [-0.39, 0.29) is 42.7 Å². The Morgan fingerprint density at radius 1 is 1.08 bits per heavy atom. The van der Waals surface area contributed by atoms with Crippen molar-refractivity contribution in [2.75, 3.05) is 30.4 Å². The molecule has 0 spiro atoms. The van der Waals surface area contributed by atoms with Gasteiger partial charge in [0, 0.05) is 61.2 Å². The van der Waals surface area contributed by atoms with Crippen molar-refractivity contribution in [1.29, 1.82) is 0 Å². The number of aryl methyl sites for hydroxylation is 1. The van der Waals surface area contributed by atoms with E-state index in [1.54, 1.807) is 44.0 Å². The van der Waals surface area contributed by atoms with E-state index in [4.69, 9.17) is 4.74 Å². The highest BCUT2D eigenvalue weighted by Gasteiger charge is 2.32. The summed E-state index contributed by atoms with van der Waals surface area (Å²) in [7, 11) is 1.68. The monoisotopic (exact) mass is 670 g/mol. The highest BCUT2D eigenvalue weighted by Crippen LogP contribution is 2.37. The van der Waals surface area contributed by atoms with Gasteiger partial charge < -0.3 is 34.8 Å². The Hall–Kier alpha value is -4.43. The number of nitrogens with zero attached hydrogens (tertiary/aromatic N) is 5. The molecule has 12 nitrogen and oxygen atoms in total. The van der Waals surface area contributed by atoms with Gasteiger partial charge in [0.2, 0.25) is 0 Å². The minimum atomic E-state index is -0.355. The van der Waals surface area contributed by atoms with Crippen LogP contribution in [-0.2, 0) is 31.2 Å². The molecule has 0 unspecified atom stereocenters. The molecule has 0 bridgehead atoms. The first-order chi connectivity index (χ1) is 22.6. The molecule has 1 aliphatic carbocycles. The number of ether oxygens (including phenoxy) is 1. The summed E-state index contributed by atoms with van der Waals surface area (Å²) in [5, 5.41) is 20.7. The van der Waals surface area contributed by atoms with Gasteiger partial charge in [0.1, 0.15) is 22.8 Å². The molecule has 7 rings (SSSR count). The van der Waals surface area contributed by atoms with Crippen molar-refractivity contribution in [3.8, 4) is 16.9 Å². The molecule has 0 radical (unpaired) electrons. The first-order valence-corrected chi connectivity index (χ1v) is 16.0. The maximum Gasteiger partial charge on any atom is 0.280 e. The van der Waals surface area contributed by atoms with Gasteiger partial charge in [0.25, 0.3) is 11.1 Å². The van der Waals surface area contributed by atoms with Crippen LogP contribution in [0.25, 0.3) is 22.5 Å². The number of aliphatic hydroxyl groups is 1. The van der Waals surface area contributed by atoms with Crippen molar-refractivity contribution in [1.82, 2.24) is 28.8 Å². The zero-order chi connectivity index (χ0) is 32.9. The van der Waals surface area contributed by atoms with Crippen LogP contribution in [0.2, 0.25) is 0 Å². The minimum absolute atomic E-state index is 0. The molecular formula is C35H42N8O4S. The lowest BCUT2D eigenvalue weighted by atomic mass is 9.90. The third-order valence-electron chi connectivity index (χ3n) is 9.05. The number of hydrogen-bond acceptors (Lipinski definition) is 9. The Labute approximate surface area is 285 Å². The van der Waals surface area contributed by atoms with Crippen LogP contribution in [0.15, 0.2) is 70.9 Å². The van der Waals surface area contributed by atoms with E-state index in [0.717, 1.165) is 38.3 Å². The SMILES string of the molecule is C[C@@H](CNC1COC1)Nc1ccc(Nc2cc(-c3ccnc(-n4ccn5c6c(cc5c4=O)CC(C)(C)C6)c3CO)cn(C)c2=O)nc1.S. The van der Waals surface area contributed by atoms with Crippen LogP contribution in [0, 0.1) is 5.41 Å². The van der Waals surface area contributed by atoms with E-state index >= 15 is 0 Å². The van der Waals surface area contributed by atoms with Gasteiger partial charge in [-0.3, -0.25) is 14.2 Å². The van der Waals surface area contributed by atoms with E-state index in [1.807, 2.05) is 28.8 Å². The molecule has 13 heteroatoms. The van der Waals surface area contributed by atoms with Crippen LogP contribution in [0.5, 0.6) is 0 Å². The van der Waals surface area contributed by atoms with E-state index in [9.17, 15) is 14.7 Å². The standard InChI is InChI=1S/C35H40N8O4.H2S/c1-21(15-37-25-19-47-20-25)39-24-5-6-31(38-16-24)40-28-11-23(17-41(4)33(28)45)26-7-8-36-32(27(26)18-44)43-10-9-42-29(34(43)46)12-22-13-35(2,3)14-30(22)42;/h5-12,16-17,21,25,37,39,44H,13-15,18-20H2,1-4H3,(H,38,40);1H2/t21-;/m0./s1. The summed E-state index contributed by atoms with van der Waals surface area (Å²) in [5.41, 5.74) is 5.69. The van der Waals surface area contributed by atoms with Gasteiger partial charge >= 0.3 is 0 Å². The lowest BCUT2D eigenvalue weighted by Crippen LogP contribution is -2.48. The average Bonchev–Trinajstić information content (AvgIpc) is 3.51. The molecule has 5 aromatic rings. The Balaban J connectivity index is 0.00000401. The predicted molar refractivity (Wildman–Crippen MR) is 192 cm³/mol. The number of pyridine rings is 3. The summed E-state index contributed by atoms with van der Waals surface area (Å²) in [6.07, 6.45) is 10.5. The lowest BCUT2D eigenvalue weighted by molar-refractivity contribution is -0.00505. The van der Waals surface area contributed by atoms with E-state index < -0.39 is 0 Å². The quantitative estimate of drug-likeness (QED) is 0.176. The number of anilines is 3. The Bertz CT molecular complexity index is 2080. The molecule has 0 amide bonds. The zero-order valence-corrected chi connectivity index (χ0v) is 28.6. The molecule has 48 heavy (non-hydrogen) atoms. The second-order valence-electron chi connectivity index (χ2n) is 13.5. The van der Waals surface area contributed by atoms with Gasteiger partial charge in [0.15, 0.2) is 0 Å². The van der Waals surface area contributed by atoms with Crippen LogP contribution in [-0.4, -0.2) is 60.5 Å². The smallest absolute Gasteiger partial charge is 0.280 e. The second-order valence-corrected chi connectivity index (χ2v) is 13.5. The highest BCUT2D eigenvalue weighted by molar-refractivity contribution is 7.59. The zero-order valence-electron chi connectivity index (χ0n) is 27.6.